The van der Waals surface area contributed by atoms with Crippen molar-refractivity contribution in [2.45, 2.75) is 12.8 Å². The molecule has 1 aliphatic rings. The lowest BCUT2D eigenvalue weighted by molar-refractivity contribution is 0.102. The first-order chi connectivity index (χ1) is 10.2. The van der Waals surface area contributed by atoms with Crippen molar-refractivity contribution in [1.29, 1.82) is 0 Å². The van der Waals surface area contributed by atoms with Gasteiger partial charge >= 0.3 is 0 Å². The third-order valence-electron chi connectivity index (χ3n) is 3.52. The molecule has 1 amide bonds. The molecule has 1 aromatic heterocycles. The number of halogens is 1. The standard InChI is InChI=1S/C16H16FN3O/c17-12-6-1-2-7-13(12)19-16(21)14-8-5-9-15(18-14)20-10-3-4-11-20/h1-2,5-9H,3-4,10-11H2,(H,19,21). The maximum absolute atomic E-state index is 13.5. The van der Waals surface area contributed by atoms with Crippen LogP contribution in [-0.2, 0) is 0 Å². The van der Waals surface area contributed by atoms with Crippen molar-refractivity contribution < 1.29 is 9.18 Å². The second-order valence-corrected chi connectivity index (χ2v) is 5.01. The third kappa shape index (κ3) is 3.02. The predicted octanol–water partition coefficient (Wildman–Crippen LogP) is 3.07. The molecule has 0 atom stereocenters. The van der Waals surface area contributed by atoms with Crippen LogP contribution >= 0.6 is 0 Å². The zero-order valence-corrected chi connectivity index (χ0v) is 11.6. The molecule has 0 saturated carbocycles. The van der Waals surface area contributed by atoms with Crippen molar-refractivity contribution in [3.05, 3.63) is 54.0 Å². The summed E-state index contributed by atoms with van der Waals surface area (Å²) in [5.74, 6) is -0.0589. The summed E-state index contributed by atoms with van der Waals surface area (Å²) < 4.78 is 13.5. The lowest BCUT2D eigenvalue weighted by Crippen LogP contribution is -2.21. The highest BCUT2D eigenvalue weighted by atomic mass is 19.1. The molecule has 1 fully saturated rings. The fourth-order valence-corrected chi connectivity index (χ4v) is 2.42. The fourth-order valence-electron chi connectivity index (χ4n) is 2.42. The lowest BCUT2D eigenvalue weighted by atomic mass is 10.2. The molecule has 3 rings (SSSR count). The molecule has 5 heteroatoms. The normalized spacial score (nSPS) is 14.2. The van der Waals surface area contributed by atoms with Gasteiger partial charge < -0.3 is 10.2 Å². The predicted molar refractivity (Wildman–Crippen MR) is 80.0 cm³/mol. The number of para-hydroxylation sites is 1. The number of carbonyl (C=O) groups is 1. The summed E-state index contributed by atoms with van der Waals surface area (Å²) in [6.07, 6.45) is 2.29. The molecule has 108 valence electrons. The number of pyridine rings is 1. The third-order valence-corrected chi connectivity index (χ3v) is 3.52. The number of hydrogen-bond donors (Lipinski definition) is 1. The van der Waals surface area contributed by atoms with E-state index >= 15 is 0 Å². The maximum atomic E-state index is 13.5. The van der Waals surface area contributed by atoms with Gasteiger partial charge in [-0.25, -0.2) is 9.37 Å². The number of hydrogen-bond acceptors (Lipinski definition) is 3. The molecule has 21 heavy (non-hydrogen) atoms. The first-order valence-electron chi connectivity index (χ1n) is 7.02. The lowest BCUT2D eigenvalue weighted by Gasteiger charge is -2.16. The molecule has 1 N–H and O–H groups in total. The van der Waals surface area contributed by atoms with E-state index in [0.29, 0.717) is 5.69 Å². The topological polar surface area (TPSA) is 45.2 Å². The van der Waals surface area contributed by atoms with Gasteiger partial charge in [0.05, 0.1) is 5.69 Å². The van der Waals surface area contributed by atoms with E-state index in [0.717, 1.165) is 31.7 Å². The molecule has 2 aromatic rings. The molecule has 1 aromatic carbocycles. The van der Waals surface area contributed by atoms with Crippen molar-refractivity contribution in [3.8, 4) is 0 Å². The maximum Gasteiger partial charge on any atom is 0.274 e. The summed E-state index contributed by atoms with van der Waals surface area (Å²) in [6.45, 7) is 1.93. The second-order valence-electron chi connectivity index (χ2n) is 5.01. The summed E-state index contributed by atoms with van der Waals surface area (Å²) >= 11 is 0. The van der Waals surface area contributed by atoms with Crippen LogP contribution in [-0.4, -0.2) is 24.0 Å². The van der Waals surface area contributed by atoms with E-state index in [9.17, 15) is 9.18 Å². The van der Waals surface area contributed by atoms with Crippen LogP contribution in [0.25, 0.3) is 0 Å². The highest BCUT2D eigenvalue weighted by Gasteiger charge is 2.16. The highest BCUT2D eigenvalue weighted by Crippen LogP contribution is 2.19. The largest absolute Gasteiger partial charge is 0.357 e. The Kier molecular flexibility index (Phi) is 3.81. The van der Waals surface area contributed by atoms with Crippen molar-refractivity contribution in [1.82, 2.24) is 4.98 Å². The number of rotatable bonds is 3. The Morgan fingerprint density at radius 3 is 2.62 bits per heavy atom. The number of benzene rings is 1. The Labute approximate surface area is 122 Å². The minimum atomic E-state index is -0.457. The number of anilines is 2. The van der Waals surface area contributed by atoms with Crippen LogP contribution in [0, 0.1) is 5.82 Å². The van der Waals surface area contributed by atoms with E-state index in [4.69, 9.17) is 0 Å². The van der Waals surface area contributed by atoms with Crippen molar-refractivity contribution >= 4 is 17.4 Å². The van der Waals surface area contributed by atoms with Gasteiger partial charge in [-0.3, -0.25) is 4.79 Å². The number of nitrogens with one attached hydrogen (secondary N) is 1. The Balaban J connectivity index is 1.78. The van der Waals surface area contributed by atoms with Gasteiger partial charge in [-0.15, -0.1) is 0 Å². The van der Waals surface area contributed by atoms with Crippen LogP contribution in [0.2, 0.25) is 0 Å². The summed E-state index contributed by atoms with van der Waals surface area (Å²) in [7, 11) is 0. The van der Waals surface area contributed by atoms with Crippen LogP contribution in [0.15, 0.2) is 42.5 Å². The molecule has 1 aliphatic heterocycles. The highest BCUT2D eigenvalue weighted by molar-refractivity contribution is 6.03. The van der Waals surface area contributed by atoms with Gasteiger partial charge in [-0.1, -0.05) is 18.2 Å². The molecule has 0 aliphatic carbocycles. The van der Waals surface area contributed by atoms with Crippen LogP contribution in [0.5, 0.6) is 0 Å². The number of nitrogens with zero attached hydrogens (tertiary/aromatic N) is 2. The molecule has 0 spiro atoms. The van der Waals surface area contributed by atoms with Crippen molar-refractivity contribution in [3.63, 3.8) is 0 Å². The van der Waals surface area contributed by atoms with Crippen LogP contribution in [0.4, 0.5) is 15.9 Å². The Hall–Kier alpha value is -2.43. The monoisotopic (exact) mass is 285 g/mol. The minimum Gasteiger partial charge on any atom is -0.357 e. The zero-order chi connectivity index (χ0) is 14.7. The Morgan fingerprint density at radius 2 is 1.86 bits per heavy atom. The molecular formula is C16H16FN3O. The summed E-state index contributed by atoms with van der Waals surface area (Å²) in [5.41, 5.74) is 0.457. The molecule has 0 bridgehead atoms. The second kappa shape index (κ2) is 5.91. The fraction of sp³-hybridized carbons (Fsp3) is 0.250. The number of aromatic nitrogens is 1. The molecule has 1 saturated heterocycles. The van der Waals surface area contributed by atoms with Gasteiger partial charge in [0.15, 0.2) is 0 Å². The van der Waals surface area contributed by atoms with Gasteiger partial charge in [-0.05, 0) is 37.1 Å². The zero-order valence-electron chi connectivity index (χ0n) is 11.6. The summed E-state index contributed by atoms with van der Waals surface area (Å²) in [4.78, 5) is 18.7. The SMILES string of the molecule is O=C(Nc1ccccc1F)c1cccc(N2CCCC2)n1. The van der Waals surface area contributed by atoms with E-state index in [1.807, 2.05) is 6.07 Å². The van der Waals surface area contributed by atoms with E-state index in [1.165, 1.54) is 12.1 Å². The van der Waals surface area contributed by atoms with Crippen LogP contribution in [0.3, 0.4) is 0 Å². The molecule has 4 nitrogen and oxygen atoms in total. The smallest absolute Gasteiger partial charge is 0.274 e. The Bertz CT molecular complexity index is 653. The first kappa shape index (κ1) is 13.5. The van der Waals surface area contributed by atoms with Gasteiger partial charge in [-0.2, -0.15) is 0 Å². The van der Waals surface area contributed by atoms with Crippen LogP contribution in [0.1, 0.15) is 23.3 Å². The van der Waals surface area contributed by atoms with E-state index in [-0.39, 0.29) is 5.69 Å². The average molecular weight is 285 g/mol. The quantitative estimate of drug-likeness (QED) is 0.942. The first-order valence-corrected chi connectivity index (χ1v) is 7.02. The summed E-state index contributed by atoms with van der Waals surface area (Å²) in [5, 5.41) is 2.55. The van der Waals surface area contributed by atoms with E-state index in [1.54, 1.807) is 24.3 Å². The average Bonchev–Trinajstić information content (AvgIpc) is 3.04. The molecular weight excluding hydrogens is 269 g/mol. The van der Waals surface area contributed by atoms with E-state index in [2.05, 4.69) is 15.2 Å². The van der Waals surface area contributed by atoms with Crippen molar-refractivity contribution in [2.75, 3.05) is 23.3 Å². The molecule has 0 radical (unpaired) electrons. The molecule has 2 heterocycles. The number of carbonyl (C=O) groups excluding carboxylic acids is 1. The van der Waals surface area contributed by atoms with Gasteiger partial charge in [0, 0.05) is 13.1 Å². The van der Waals surface area contributed by atoms with Gasteiger partial charge in [0.1, 0.15) is 17.3 Å². The molecule has 0 unspecified atom stereocenters. The van der Waals surface area contributed by atoms with Gasteiger partial charge in [0.2, 0.25) is 0 Å². The minimum absolute atomic E-state index is 0.163. The summed E-state index contributed by atoms with van der Waals surface area (Å²) in [6, 6.07) is 11.4. The Morgan fingerprint density at radius 1 is 1.10 bits per heavy atom. The van der Waals surface area contributed by atoms with Gasteiger partial charge in [0.25, 0.3) is 5.91 Å². The van der Waals surface area contributed by atoms with E-state index < -0.39 is 11.7 Å². The van der Waals surface area contributed by atoms with Crippen molar-refractivity contribution in [2.24, 2.45) is 0 Å². The number of amides is 1. The van der Waals surface area contributed by atoms with Crippen LogP contribution < -0.4 is 10.2 Å².